The molecule has 0 saturated heterocycles. The molecular formula is C17H15ClN2O3. The molecule has 0 aliphatic carbocycles. The van der Waals surface area contributed by atoms with E-state index in [9.17, 15) is 4.79 Å². The molecule has 5 nitrogen and oxygen atoms in total. The predicted octanol–water partition coefficient (Wildman–Crippen LogP) is 3.63. The third-order valence-corrected chi connectivity index (χ3v) is 3.39. The van der Waals surface area contributed by atoms with Crippen LogP contribution in [0.25, 0.3) is 0 Å². The van der Waals surface area contributed by atoms with E-state index < -0.39 is 6.10 Å². The first-order valence-electron chi connectivity index (χ1n) is 6.84. The lowest BCUT2D eigenvalue weighted by molar-refractivity contribution is -0.122. The highest BCUT2D eigenvalue weighted by Gasteiger charge is 2.16. The number of nitriles is 1. The average Bonchev–Trinajstić information content (AvgIpc) is 2.57. The van der Waals surface area contributed by atoms with Gasteiger partial charge in [-0.05, 0) is 49.4 Å². The molecule has 1 amide bonds. The van der Waals surface area contributed by atoms with Crippen molar-refractivity contribution in [1.82, 2.24) is 0 Å². The van der Waals surface area contributed by atoms with Crippen molar-refractivity contribution in [3.63, 3.8) is 0 Å². The van der Waals surface area contributed by atoms with Crippen LogP contribution in [0.3, 0.4) is 0 Å². The first-order valence-corrected chi connectivity index (χ1v) is 7.22. The van der Waals surface area contributed by atoms with Gasteiger partial charge in [0.1, 0.15) is 11.5 Å². The molecule has 0 unspecified atom stereocenters. The largest absolute Gasteiger partial charge is 0.497 e. The Morgan fingerprint density at radius 1 is 1.26 bits per heavy atom. The van der Waals surface area contributed by atoms with E-state index in [1.54, 1.807) is 50.4 Å². The van der Waals surface area contributed by atoms with Crippen molar-refractivity contribution in [2.45, 2.75) is 13.0 Å². The van der Waals surface area contributed by atoms with E-state index in [0.29, 0.717) is 22.7 Å². The van der Waals surface area contributed by atoms with Crippen molar-refractivity contribution >= 4 is 23.2 Å². The quantitative estimate of drug-likeness (QED) is 0.908. The standard InChI is InChI=1S/C17H15ClN2O3/c1-11(23-16-8-3-12(10-19)9-15(16)18)17(21)20-13-4-6-14(22-2)7-5-13/h3-9,11H,1-2H3,(H,20,21)/t11-/m1/s1. The zero-order valence-corrected chi connectivity index (χ0v) is 13.4. The smallest absolute Gasteiger partial charge is 0.265 e. The van der Waals surface area contributed by atoms with Gasteiger partial charge in [-0.15, -0.1) is 0 Å². The number of methoxy groups -OCH3 is 1. The van der Waals surface area contributed by atoms with Crippen LogP contribution in [0.4, 0.5) is 5.69 Å². The summed E-state index contributed by atoms with van der Waals surface area (Å²) in [5.74, 6) is 0.746. The van der Waals surface area contributed by atoms with Crippen molar-refractivity contribution in [2.24, 2.45) is 0 Å². The molecule has 1 atom stereocenters. The number of benzene rings is 2. The number of anilines is 1. The van der Waals surface area contributed by atoms with Crippen molar-refractivity contribution in [1.29, 1.82) is 5.26 Å². The van der Waals surface area contributed by atoms with Gasteiger partial charge >= 0.3 is 0 Å². The van der Waals surface area contributed by atoms with Gasteiger partial charge < -0.3 is 14.8 Å². The van der Waals surface area contributed by atoms with E-state index in [4.69, 9.17) is 26.3 Å². The Morgan fingerprint density at radius 2 is 1.96 bits per heavy atom. The molecule has 23 heavy (non-hydrogen) atoms. The number of carbonyl (C=O) groups excluding carboxylic acids is 1. The summed E-state index contributed by atoms with van der Waals surface area (Å²) in [4.78, 5) is 12.1. The number of ether oxygens (including phenoxy) is 2. The molecule has 118 valence electrons. The van der Waals surface area contributed by atoms with Gasteiger partial charge in [-0.25, -0.2) is 0 Å². The molecule has 0 saturated carbocycles. The summed E-state index contributed by atoms with van der Waals surface area (Å²) in [7, 11) is 1.57. The molecule has 0 radical (unpaired) electrons. The molecule has 1 N–H and O–H groups in total. The molecule has 0 heterocycles. The zero-order chi connectivity index (χ0) is 16.8. The van der Waals surface area contributed by atoms with Crippen LogP contribution in [0.5, 0.6) is 11.5 Å². The number of nitrogens with one attached hydrogen (secondary N) is 1. The van der Waals surface area contributed by atoms with Crippen LogP contribution in [0, 0.1) is 11.3 Å². The highest BCUT2D eigenvalue weighted by molar-refractivity contribution is 6.32. The molecular weight excluding hydrogens is 316 g/mol. The lowest BCUT2D eigenvalue weighted by atomic mass is 10.2. The van der Waals surface area contributed by atoms with Crippen molar-refractivity contribution < 1.29 is 14.3 Å². The lowest BCUT2D eigenvalue weighted by Gasteiger charge is -2.16. The maximum Gasteiger partial charge on any atom is 0.265 e. The van der Waals surface area contributed by atoms with Crippen LogP contribution in [0.2, 0.25) is 5.02 Å². The normalized spacial score (nSPS) is 11.2. The fourth-order valence-corrected chi connectivity index (χ4v) is 2.05. The summed E-state index contributed by atoms with van der Waals surface area (Å²) in [5.41, 5.74) is 1.06. The summed E-state index contributed by atoms with van der Waals surface area (Å²) in [6.07, 6.45) is -0.748. The number of carbonyl (C=O) groups is 1. The maximum absolute atomic E-state index is 12.1. The zero-order valence-electron chi connectivity index (χ0n) is 12.7. The topological polar surface area (TPSA) is 71.3 Å². The first-order chi connectivity index (χ1) is 11.0. The van der Waals surface area contributed by atoms with Crippen LogP contribution in [-0.2, 0) is 4.79 Å². The first kappa shape index (κ1) is 16.7. The third-order valence-electron chi connectivity index (χ3n) is 3.09. The van der Waals surface area contributed by atoms with E-state index in [1.165, 1.54) is 6.07 Å². The number of hydrogen-bond acceptors (Lipinski definition) is 4. The monoisotopic (exact) mass is 330 g/mol. The Kier molecular flexibility index (Phi) is 5.45. The lowest BCUT2D eigenvalue weighted by Crippen LogP contribution is -2.30. The number of nitrogens with zero attached hydrogens (tertiary/aromatic N) is 1. The molecule has 6 heteroatoms. The molecule has 2 rings (SSSR count). The highest BCUT2D eigenvalue weighted by Crippen LogP contribution is 2.26. The van der Waals surface area contributed by atoms with Gasteiger partial charge in [0, 0.05) is 5.69 Å². The van der Waals surface area contributed by atoms with Crippen molar-refractivity contribution in [3.8, 4) is 17.6 Å². The van der Waals surface area contributed by atoms with Gasteiger partial charge in [0.25, 0.3) is 5.91 Å². The minimum Gasteiger partial charge on any atom is -0.497 e. The second-order valence-electron chi connectivity index (χ2n) is 4.73. The minimum absolute atomic E-state index is 0.285. The number of rotatable bonds is 5. The minimum atomic E-state index is -0.748. The van der Waals surface area contributed by atoms with Gasteiger partial charge in [0.15, 0.2) is 6.10 Å². The van der Waals surface area contributed by atoms with E-state index in [0.717, 1.165) is 0 Å². The fourth-order valence-electron chi connectivity index (χ4n) is 1.83. The second kappa shape index (κ2) is 7.52. The number of halogens is 1. The Bertz CT molecular complexity index is 738. The van der Waals surface area contributed by atoms with E-state index in [-0.39, 0.29) is 10.9 Å². The van der Waals surface area contributed by atoms with Crippen LogP contribution >= 0.6 is 11.6 Å². The average molecular weight is 331 g/mol. The molecule has 2 aromatic rings. The molecule has 0 fully saturated rings. The predicted molar refractivity (Wildman–Crippen MR) is 87.9 cm³/mol. The Balaban J connectivity index is 2.00. The third kappa shape index (κ3) is 4.38. The molecule has 0 spiro atoms. The van der Waals surface area contributed by atoms with Crippen LogP contribution in [0.1, 0.15) is 12.5 Å². The van der Waals surface area contributed by atoms with Crippen LogP contribution in [0.15, 0.2) is 42.5 Å². The molecule has 0 bridgehead atoms. The van der Waals surface area contributed by atoms with Gasteiger partial charge in [0.2, 0.25) is 0 Å². The van der Waals surface area contributed by atoms with Gasteiger partial charge in [-0.2, -0.15) is 5.26 Å². The summed E-state index contributed by atoms with van der Waals surface area (Å²) in [5, 5.41) is 11.8. The maximum atomic E-state index is 12.1. The fraction of sp³-hybridized carbons (Fsp3) is 0.176. The summed E-state index contributed by atoms with van der Waals surface area (Å²) in [6.45, 7) is 1.62. The second-order valence-corrected chi connectivity index (χ2v) is 5.14. The van der Waals surface area contributed by atoms with Gasteiger partial charge in [-0.3, -0.25) is 4.79 Å². The van der Waals surface area contributed by atoms with Crippen LogP contribution in [-0.4, -0.2) is 19.1 Å². The van der Waals surface area contributed by atoms with Crippen molar-refractivity contribution in [3.05, 3.63) is 53.1 Å². The Hall–Kier alpha value is -2.71. The molecule has 0 aliphatic heterocycles. The van der Waals surface area contributed by atoms with Crippen LogP contribution < -0.4 is 14.8 Å². The van der Waals surface area contributed by atoms with Gasteiger partial charge in [-0.1, -0.05) is 11.6 Å². The van der Waals surface area contributed by atoms with E-state index >= 15 is 0 Å². The summed E-state index contributed by atoms with van der Waals surface area (Å²) >= 11 is 6.03. The van der Waals surface area contributed by atoms with E-state index in [2.05, 4.69) is 5.32 Å². The van der Waals surface area contributed by atoms with Gasteiger partial charge in [0.05, 0.1) is 23.8 Å². The number of hydrogen-bond donors (Lipinski definition) is 1. The summed E-state index contributed by atoms with van der Waals surface area (Å²) < 4.78 is 10.6. The Morgan fingerprint density at radius 3 is 2.52 bits per heavy atom. The van der Waals surface area contributed by atoms with E-state index in [1.807, 2.05) is 6.07 Å². The Labute approximate surface area is 139 Å². The summed E-state index contributed by atoms with van der Waals surface area (Å²) in [6, 6.07) is 13.6. The SMILES string of the molecule is COc1ccc(NC(=O)[C@@H](C)Oc2ccc(C#N)cc2Cl)cc1. The molecule has 0 aliphatic rings. The molecule has 2 aromatic carbocycles. The highest BCUT2D eigenvalue weighted by atomic mass is 35.5. The molecule has 0 aromatic heterocycles. The number of amides is 1. The van der Waals surface area contributed by atoms with Crippen molar-refractivity contribution in [2.75, 3.05) is 12.4 Å².